The highest BCUT2D eigenvalue weighted by Gasteiger charge is 2.63. The van der Waals surface area contributed by atoms with Crippen LogP contribution in [0.5, 0.6) is 5.75 Å². The average Bonchev–Trinajstić information content (AvgIpc) is 3.07. The van der Waals surface area contributed by atoms with Gasteiger partial charge in [-0.15, -0.1) is 0 Å². The second kappa shape index (κ2) is 6.67. The van der Waals surface area contributed by atoms with Crippen LogP contribution in [-0.4, -0.2) is 54.1 Å². The molecule has 2 heterocycles. The molecule has 2 aromatic carbocycles. The Kier molecular flexibility index (Phi) is 4.46. The van der Waals surface area contributed by atoms with Gasteiger partial charge in [0.25, 0.3) is 5.91 Å². The minimum absolute atomic E-state index is 0.0214. The van der Waals surface area contributed by atoms with Crippen molar-refractivity contribution >= 4 is 18.1 Å². The van der Waals surface area contributed by atoms with E-state index in [0.717, 1.165) is 18.6 Å². The number of rotatable bonds is 4. The summed E-state index contributed by atoms with van der Waals surface area (Å²) in [5.41, 5.74) is 1.29. The Morgan fingerprint density at radius 3 is 2.30 bits per heavy atom. The van der Waals surface area contributed by atoms with Gasteiger partial charge in [-0.1, -0.05) is 47.9 Å². The van der Waals surface area contributed by atoms with Crippen LogP contribution in [0.25, 0.3) is 0 Å². The van der Waals surface area contributed by atoms with Gasteiger partial charge < -0.3 is 24.1 Å². The minimum Gasteiger partial charge on any atom is -0.507 e. The van der Waals surface area contributed by atoms with E-state index in [0.29, 0.717) is 11.1 Å². The van der Waals surface area contributed by atoms with E-state index >= 15 is 0 Å². The van der Waals surface area contributed by atoms with E-state index in [2.05, 4.69) is 5.32 Å². The van der Waals surface area contributed by atoms with Gasteiger partial charge >= 0.3 is 6.69 Å². The van der Waals surface area contributed by atoms with Crippen LogP contribution in [0, 0.1) is 0 Å². The van der Waals surface area contributed by atoms with Crippen molar-refractivity contribution in [3.63, 3.8) is 0 Å². The van der Waals surface area contributed by atoms with Crippen molar-refractivity contribution in [2.75, 3.05) is 19.8 Å². The number of hydrogen-bond acceptors (Lipinski definition) is 4. The Balaban J connectivity index is 1.64. The highest BCUT2D eigenvalue weighted by molar-refractivity contribution is 6.75. The summed E-state index contributed by atoms with van der Waals surface area (Å²) in [5, 5.41) is 13.0. The molecule has 6 nitrogen and oxygen atoms in total. The second-order valence-corrected chi connectivity index (χ2v) is 7.74. The summed E-state index contributed by atoms with van der Waals surface area (Å²) in [7, 11) is 0. The minimum atomic E-state index is -1.76. The Morgan fingerprint density at radius 2 is 1.67 bits per heavy atom. The first-order chi connectivity index (χ1) is 13.0. The molecule has 2 aliphatic heterocycles. The lowest BCUT2D eigenvalue weighted by molar-refractivity contribution is -0.824. The van der Waals surface area contributed by atoms with Crippen molar-refractivity contribution in [3.05, 3.63) is 60.2 Å². The molecule has 7 heteroatoms. The molecule has 2 aliphatic rings. The molecule has 2 saturated heterocycles. The van der Waals surface area contributed by atoms with E-state index in [1.807, 2.05) is 44.2 Å². The zero-order valence-corrected chi connectivity index (χ0v) is 15.7. The van der Waals surface area contributed by atoms with E-state index in [4.69, 9.17) is 9.31 Å². The number of quaternary nitrogens is 1. The third-order valence-corrected chi connectivity index (χ3v) is 5.72. The number of carbonyl (C=O) groups excluding carboxylic acids is 1. The van der Waals surface area contributed by atoms with Crippen LogP contribution in [-0.2, 0) is 9.31 Å². The summed E-state index contributed by atoms with van der Waals surface area (Å²) in [6.45, 7) is 4.25. The molecule has 0 bridgehead atoms. The lowest BCUT2D eigenvalue weighted by Gasteiger charge is -2.46. The molecule has 0 aromatic heterocycles. The van der Waals surface area contributed by atoms with Crippen LogP contribution in [0.1, 0.15) is 24.2 Å². The molecule has 2 fully saturated rings. The van der Waals surface area contributed by atoms with Crippen molar-refractivity contribution in [3.8, 4) is 5.75 Å². The van der Waals surface area contributed by atoms with Gasteiger partial charge in [0, 0.05) is 0 Å². The fourth-order valence-corrected chi connectivity index (χ4v) is 4.79. The van der Waals surface area contributed by atoms with Crippen molar-refractivity contribution in [1.29, 1.82) is 0 Å². The zero-order chi connectivity index (χ0) is 19.1. The van der Waals surface area contributed by atoms with E-state index in [1.54, 1.807) is 18.2 Å². The molecule has 27 heavy (non-hydrogen) atoms. The van der Waals surface area contributed by atoms with Crippen LogP contribution in [0.4, 0.5) is 0 Å². The van der Waals surface area contributed by atoms with Gasteiger partial charge in [-0.2, -0.15) is 0 Å². The van der Waals surface area contributed by atoms with Gasteiger partial charge in [0.1, 0.15) is 12.4 Å². The van der Waals surface area contributed by atoms with Crippen molar-refractivity contribution in [2.24, 2.45) is 0 Å². The first kappa shape index (κ1) is 18.0. The van der Waals surface area contributed by atoms with Gasteiger partial charge in [-0.3, -0.25) is 4.79 Å². The summed E-state index contributed by atoms with van der Waals surface area (Å²) in [6, 6.07) is 16.6. The Bertz CT molecular complexity index is 831. The molecular formula is C20H25BN2O4. The van der Waals surface area contributed by atoms with Crippen LogP contribution in [0.3, 0.4) is 0 Å². The number of nitrogens with zero attached hydrogens (tertiary/aromatic N) is 1. The van der Waals surface area contributed by atoms with E-state index < -0.39 is 6.69 Å². The fraction of sp³-hybridized carbons (Fsp3) is 0.350. The van der Waals surface area contributed by atoms with E-state index in [-0.39, 0.29) is 29.4 Å². The number of phenols is 1. The molecule has 2 unspecified atom stereocenters. The normalized spacial score (nSPS) is 32.2. The highest BCUT2D eigenvalue weighted by atomic mass is 16.7. The summed E-state index contributed by atoms with van der Waals surface area (Å²) in [4.78, 5) is 12.7. The Hall–Kier alpha value is -2.35. The van der Waals surface area contributed by atoms with E-state index in [9.17, 15) is 9.90 Å². The number of phenolic OH excluding ortho intramolecular Hbond substituents is 1. The lowest BCUT2D eigenvalue weighted by atomic mass is 9.61. The molecule has 142 valence electrons. The predicted molar refractivity (Wildman–Crippen MR) is 103 cm³/mol. The van der Waals surface area contributed by atoms with Gasteiger partial charge in [0.2, 0.25) is 0 Å². The maximum Gasteiger partial charge on any atom is 0.504 e. The first-order valence-electron chi connectivity index (χ1n) is 9.43. The highest BCUT2D eigenvalue weighted by Crippen LogP contribution is 2.39. The average molecular weight is 368 g/mol. The van der Waals surface area contributed by atoms with Crippen molar-refractivity contribution < 1.29 is 23.6 Å². The molecule has 2 aromatic rings. The molecule has 4 atom stereocenters. The quantitative estimate of drug-likeness (QED) is 0.805. The van der Waals surface area contributed by atoms with E-state index in [1.165, 1.54) is 6.07 Å². The van der Waals surface area contributed by atoms with Gasteiger partial charge in [-0.25, -0.2) is 0 Å². The molecule has 0 aliphatic carbocycles. The summed E-state index contributed by atoms with van der Waals surface area (Å²) in [5.74, 6) is -0.315. The molecule has 0 saturated carbocycles. The number of aromatic hydroxyl groups is 1. The number of hydrogen-bond donors (Lipinski definition) is 2. The molecule has 2 N–H and O–H groups in total. The third kappa shape index (κ3) is 2.92. The maximum absolute atomic E-state index is 12.7. The number of benzene rings is 2. The van der Waals surface area contributed by atoms with Crippen molar-refractivity contribution in [1.82, 2.24) is 5.32 Å². The molecule has 1 amide bonds. The fourth-order valence-electron chi connectivity index (χ4n) is 4.79. The van der Waals surface area contributed by atoms with Crippen LogP contribution in [0.15, 0.2) is 54.6 Å². The van der Waals surface area contributed by atoms with Crippen LogP contribution in [0.2, 0.25) is 0 Å². The second-order valence-electron chi connectivity index (χ2n) is 7.74. The monoisotopic (exact) mass is 368 g/mol. The smallest absolute Gasteiger partial charge is 0.504 e. The Labute approximate surface area is 159 Å². The first-order valence-corrected chi connectivity index (χ1v) is 9.43. The zero-order valence-electron chi connectivity index (χ0n) is 15.7. The topological polar surface area (TPSA) is 67.8 Å². The predicted octanol–water partition coefficient (Wildman–Crippen LogP) is 1.58. The van der Waals surface area contributed by atoms with Gasteiger partial charge in [-0.05, 0) is 26.0 Å². The molecular weight excluding hydrogens is 343 g/mol. The Morgan fingerprint density at radius 1 is 1.07 bits per heavy atom. The standard InChI is InChI=1S/C20H25BN2O4/c1-15-12-23(14-22-20(25)18-10-6-7-11-19(18)24)13-16(2)27-21(23,26-15)17-8-4-3-5-9-17/h3-11,15-16,24H,12-14H2,1-2H3,(H,22,25)/t15-,16+,21?,23?. The van der Waals surface area contributed by atoms with Crippen LogP contribution >= 0.6 is 0 Å². The lowest BCUT2D eigenvalue weighted by Crippen LogP contribution is -2.71. The maximum atomic E-state index is 12.7. The number of fused-ring (bicyclic) bond motifs is 1. The number of carbonyl (C=O) groups is 1. The third-order valence-electron chi connectivity index (χ3n) is 5.72. The van der Waals surface area contributed by atoms with Gasteiger partial charge in [0.05, 0.1) is 30.9 Å². The number of nitrogens with one attached hydrogen (secondary N) is 1. The molecule has 0 spiro atoms. The van der Waals surface area contributed by atoms with Gasteiger partial charge in [0.15, 0.2) is 0 Å². The number of para-hydroxylation sites is 1. The summed E-state index contributed by atoms with van der Waals surface area (Å²) in [6.07, 6.45) is 0.0551. The van der Waals surface area contributed by atoms with Crippen molar-refractivity contribution in [2.45, 2.75) is 26.1 Å². The molecule has 4 rings (SSSR count). The summed E-state index contributed by atoms with van der Waals surface area (Å²) >= 11 is 0. The summed E-state index contributed by atoms with van der Waals surface area (Å²) < 4.78 is 13.3. The van der Waals surface area contributed by atoms with Crippen LogP contribution < -0.4 is 10.8 Å². The number of amides is 1. The molecule has 0 radical (unpaired) electrons. The largest absolute Gasteiger partial charge is 0.507 e. The SMILES string of the molecule is C[C@@H]1C[N+]2(CNC(=O)c3ccccc3O)C[C@H](C)O[B-]2(c2ccccc2)O1.